The van der Waals surface area contributed by atoms with Crippen LogP contribution in [0.15, 0.2) is 83.8 Å². The molecule has 1 amide bonds. The van der Waals surface area contributed by atoms with Crippen LogP contribution in [0.5, 0.6) is 5.75 Å². The molecular formula is C37H46N2O8S. The van der Waals surface area contributed by atoms with Crippen molar-refractivity contribution < 1.29 is 37.3 Å². The third-order valence-corrected chi connectivity index (χ3v) is 11.1. The van der Waals surface area contributed by atoms with Crippen molar-refractivity contribution in [3.8, 4) is 16.9 Å². The Kier molecular flexibility index (Phi) is 11.7. The number of benzene rings is 3. The molecule has 2 unspecified atom stereocenters. The second-order valence-corrected chi connectivity index (χ2v) is 15.2. The molecule has 0 aromatic heterocycles. The van der Waals surface area contributed by atoms with E-state index in [4.69, 9.17) is 14.2 Å². The number of amides is 1. The molecule has 0 bridgehead atoms. The minimum atomic E-state index is -3.62. The summed E-state index contributed by atoms with van der Waals surface area (Å²) in [5.41, 5.74) is 2.24. The van der Waals surface area contributed by atoms with Gasteiger partial charge in [-0.05, 0) is 67.0 Å². The minimum absolute atomic E-state index is 0.0942. The van der Waals surface area contributed by atoms with Gasteiger partial charge in [0.1, 0.15) is 18.0 Å². The second-order valence-electron chi connectivity index (χ2n) is 13.3. The number of nitrogens with zero attached hydrogens (tertiary/aromatic N) is 1. The van der Waals surface area contributed by atoms with Crippen LogP contribution < -0.4 is 10.1 Å². The summed E-state index contributed by atoms with van der Waals surface area (Å²) in [6.45, 7) is 5.26. The topological polar surface area (TPSA) is 131 Å². The molecular weight excluding hydrogens is 632 g/mol. The van der Waals surface area contributed by atoms with Gasteiger partial charge in [0.15, 0.2) is 12.1 Å². The van der Waals surface area contributed by atoms with Gasteiger partial charge in [0.2, 0.25) is 15.9 Å². The third kappa shape index (κ3) is 8.69. The van der Waals surface area contributed by atoms with Crippen molar-refractivity contribution in [3.63, 3.8) is 0 Å². The Balaban J connectivity index is 1.03. The quantitative estimate of drug-likeness (QED) is 0.255. The molecule has 2 N–H and O–H groups in total. The highest BCUT2D eigenvalue weighted by atomic mass is 32.2. The molecule has 2 saturated heterocycles. The molecule has 0 spiro atoms. The molecule has 2 aliphatic heterocycles. The Morgan fingerprint density at radius 1 is 0.979 bits per heavy atom. The number of hydrogen-bond donors (Lipinski definition) is 2. The Labute approximate surface area is 283 Å². The van der Waals surface area contributed by atoms with Gasteiger partial charge in [0, 0.05) is 37.0 Å². The zero-order valence-electron chi connectivity index (χ0n) is 27.8. The molecule has 258 valence electrons. The molecule has 2 aliphatic rings. The SMILES string of the molecule is COc1ccc(C2OCC(C)(C)[C@H](C(=O)CCCC(O)C(=O)NCC3CCN(S(=O)(=O)c4ccc(-c5ccccc5)cc4)CC3)O2)cc1. The molecule has 0 aliphatic carbocycles. The maximum atomic E-state index is 13.3. The molecule has 0 saturated carbocycles. The monoisotopic (exact) mass is 678 g/mol. The van der Waals surface area contributed by atoms with Gasteiger partial charge in [-0.1, -0.05) is 68.4 Å². The summed E-state index contributed by atoms with van der Waals surface area (Å²) in [5.74, 6) is 0.227. The number of rotatable bonds is 13. The van der Waals surface area contributed by atoms with E-state index in [0.717, 1.165) is 16.7 Å². The van der Waals surface area contributed by atoms with Gasteiger partial charge < -0.3 is 24.6 Å². The van der Waals surface area contributed by atoms with Gasteiger partial charge in [-0.15, -0.1) is 0 Å². The molecule has 2 heterocycles. The van der Waals surface area contributed by atoms with E-state index in [0.29, 0.717) is 51.3 Å². The number of nitrogens with one attached hydrogen (secondary N) is 1. The summed E-state index contributed by atoms with van der Waals surface area (Å²) in [5, 5.41) is 13.3. The number of hydrogen-bond acceptors (Lipinski definition) is 8. The normalized spacial score (nSPS) is 20.9. The van der Waals surface area contributed by atoms with Gasteiger partial charge in [-0.3, -0.25) is 9.59 Å². The Morgan fingerprint density at radius 3 is 2.27 bits per heavy atom. The van der Waals surface area contributed by atoms with Crippen LogP contribution >= 0.6 is 0 Å². The minimum Gasteiger partial charge on any atom is -0.497 e. The van der Waals surface area contributed by atoms with E-state index in [-0.39, 0.29) is 29.4 Å². The molecule has 3 aromatic carbocycles. The maximum Gasteiger partial charge on any atom is 0.248 e. The molecule has 0 radical (unpaired) electrons. The fourth-order valence-electron chi connectivity index (χ4n) is 6.21. The lowest BCUT2D eigenvalue weighted by Crippen LogP contribution is -2.47. The second kappa shape index (κ2) is 15.7. The molecule has 3 atom stereocenters. The zero-order valence-corrected chi connectivity index (χ0v) is 28.7. The highest BCUT2D eigenvalue weighted by molar-refractivity contribution is 7.89. The number of sulfonamides is 1. The van der Waals surface area contributed by atoms with Crippen LogP contribution in [0.3, 0.4) is 0 Å². The predicted molar refractivity (Wildman–Crippen MR) is 182 cm³/mol. The molecule has 48 heavy (non-hydrogen) atoms. The molecule has 2 fully saturated rings. The number of aliphatic hydroxyl groups is 1. The van der Waals surface area contributed by atoms with Crippen molar-refractivity contribution in [1.82, 2.24) is 9.62 Å². The average Bonchev–Trinajstić information content (AvgIpc) is 3.11. The van der Waals surface area contributed by atoms with E-state index in [1.54, 1.807) is 19.2 Å². The van der Waals surface area contributed by atoms with E-state index in [1.165, 1.54) is 4.31 Å². The van der Waals surface area contributed by atoms with E-state index < -0.39 is 39.8 Å². The fraction of sp³-hybridized carbons (Fsp3) is 0.459. The van der Waals surface area contributed by atoms with Gasteiger partial charge in [-0.25, -0.2) is 8.42 Å². The molecule has 3 aromatic rings. The van der Waals surface area contributed by atoms with Gasteiger partial charge in [0.25, 0.3) is 0 Å². The summed E-state index contributed by atoms with van der Waals surface area (Å²) in [6.07, 6.45) is -0.763. The van der Waals surface area contributed by atoms with Gasteiger partial charge >= 0.3 is 0 Å². The summed E-state index contributed by atoms with van der Waals surface area (Å²) >= 11 is 0. The standard InChI is InChI=1S/C37H46N2O8S/c1-37(2)25-46-36(29-12-16-30(45-3)17-13-29)47-34(37)32(40)10-7-11-33(41)35(42)38-24-26-20-22-39(23-21-26)48(43,44)31-18-14-28(15-19-31)27-8-5-4-6-9-27/h4-6,8-9,12-19,26,33-34,36,41H,7,10-11,20-25H2,1-3H3,(H,38,42)/t33?,34-,36?/m0/s1. The Hall–Kier alpha value is -3.61. The number of carbonyl (C=O) groups excluding carboxylic acids is 2. The van der Waals surface area contributed by atoms with Crippen molar-refractivity contribution in [1.29, 1.82) is 0 Å². The number of carbonyl (C=O) groups is 2. The van der Waals surface area contributed by atoms with Crippen LogP contribution in [0, 0.1) is 11.3 Å². The zero-order chi connectivity index (χ0) is 34.3. The average molecular weight is 679 g/mol. The number of ether oxygens (including phenoxy) is 3. The lowest BCUT2D eigenvalue weighted by Gasteiger charge is -2.41. The Bertz CT molecular complexity index is 1620. The summed E-state index contributed by atoms with van der Waals surface area (Å²) in [4.78, 5) is 26.1. The Morgan fingerprint density at radius 2 is 1.62 bits per heavy atom. The smallest absolute Gasteiger partial charge is 0.248 e. The fourth-order valence-corrected chi connectivity index (χ4v) is 7.68. The summed E-state index contributed by atoms with van der Waals surface area (Å²) in [6, 6.07) is 24.0. The number of ketones is 1. The number of methoxy groups -OCH3 is 1. The van der Waals surface area contributed by atoms with E-state index in [1.807, 2.05) is 80.6 Å². The molecule has 5 rings (SSSR count). The van der Waals surface area contributed by atoms with Crippen LogP contribution in [-0.4, -0.2) is 75.1 Å². The van der Waals surface area contributed by atoms with Crippen LogP contribution in [0.25, 0.3) is 11.1 Å². The number of aliphatic hydroxyl groups excluding tert-OH is 1. The van der Waals surface area contributed by atoms with Crippen molar-refractivity contribution in [2.24, 2.45) is 11.3 Å². The van der Waals surface area contributed by atoms with E-state index in [2.05, 4.69) is 5.32 Å². The van der Waals surface area contributed by atoms with Crippen LogP contribution in [0.1, 0.15) is 57.8 Å². The first kappa shape index (κ1) is 35.7. The summed E-state index contributed by atoms with van der Waals surface area (Å²) in [7, 11) is -2.03. The predicted octanol–water partition coefficient (Wildman–Crippen LogP) is 5.12. The van der Waals surface area contributed by atoms with Crippen molar-refractivity contribution >= 4 is 21.7 Å². The van der Waals surface area contributed by atoms with Gasteiger partial charge in [-0.2, -0.15) is 4.31 Å². The van der Waals surface area contributed by atoms with Crippen LogP contribution in [0.4, 0.5) is 0 Å². The van der Waals surface area contributed by atoms with E-state index in [9.17, 15) is 23.1 Å². The third-order valence-electron chi connectivity index (χ3n) is 9.20. The van der Waals surface area contributed by atoms with Crippen molar-refractivity contribution in [3.05, 3.63) is 84.4 Å². The molecule has 11 heteroatoms. The van der Waals surface area contributed by atoms with Gasteiger partial charge in [0.05, 0.1) is 18.6 Å². The van der Waals surface area contributed by atoms with Crippen LogP contribution in [0.2, 0.25) is 0 Å². The lowest BCUT2D eigenvalue weighted by molar-refractivity contribution is -0.257. The van der Waals surface area contributed by atoms with E-state index >= 15 is 0 Å². The van der Waals surface area contributed by atoms with Crippen LogP contribution in [-0.2, 0) is 29.1 Å². The highest BCUT2D eigenvalue weighted by Gasteiger charge is 2.42. The first-order valence-electron chi connectivity index (χ1n) is 16.5. The highest BCUT2D eigenvalue weighted by Crippen LogP contribution is 2.38. The maximum absolute atomic E-state index is 13.3. The first-order valence-corrected chi connectivity index (χ1v) is 18.0. The summed E-state index contributed by atoms with van der Waals surface area (Å²) < 4.78 is 45.3. The van der Waals surface area contributed by atoms with Crippen molar-refractivity contribution in [2.75, 3.05) is 33.4 Å². The number of Topliss-reactive ketones (excluding diaryl/α,β-unsaturated/α-hetero) is 1. The first-order chi connectivity index (χ1) is 23.0. The lowest BCUT2D eigenvalue weighted by atomic mass is 9.82. The number of piperidine rings is 1. The molecule has 10 nitrogen and oxygen atoms in total. The largest absolute Gasteiger partial charge is 0.497 e. The van der Waals surface area contributed by atoms with Crippen molar-refractivity contribution in [2.45, 2.75) is 69.3 Å².